The number of hydrogen-bond donors (Lipinski definition) is 1. The molecule has 1 rings (SSSR count). The Morgan fingerprint density at radius 2 is 1.79 bits per heavy atom. The summed E-state index contributed by atoms with van der Waals surface area (Å²) in [6.45, 7) is 2.05. The molecule has 2 nitrogen and oxygen atoms in total. The summed E-state index contributed by atoms with van der Waals surface area (Å²) in [5.74, 6) is 0. The van der Waals surface area contributed by atoms with Gasteiger partial charge < -0.3 is 10.6 Å². The summed E-state index contributed by atoms with van der Waals surface area (Å²) in [4.78, 5) is 2.11. The summed E-state index contributed by atoms with van der Waals surface area (Å²) >= 11 is 0. The van der Waals surface area contributed by atoms with Gasteiger partial charge in [0.2, 0.25) is 0 Å². The highest BCUT2D eigenvalue weighted by molar-refractivity contribution is 5.45. The second-order valence-corrected chi connectivity index (χ2v) is 4.08. The third-order valence-corrected chi connectivity index (χ3v) is 2.34. The molecule has 0 aliphatic carbocycles. The quantitative estimate of drug-likeness (QED) is 0.791. The standard InChI is InChI=1S/C12H20N2/c1-10(13)4-5-11-6-8-12(9-7-11)14(2)3/h6-10H,4-5,13H2,1-3H3. The summed E-state index contributed by atoms with van der Waals surface area (Å²) in [5.41, 5.74) is 8.32. The summed E-state index contributed by atoms with van der Waals surface area (Å²) < 4.78 is 0. The van der Waals surface area contributed by atoms with E-state index in [4.69, 9.17) is 5.73 Å². The number of anilines is 1. The molecular formula is C12H20N2. The molecule has 1 unspecified atom stereocenters. The maximum atomic E-state index is 5.71. The molecule has 78 valence electrons. The molecule has 0 radical (unpaired) electrons. The molecule has 1 aromatic rings. The number of aryl methyl sites for hydroxylation is 1. The largest absolute Gasteiger partial charge is 0.378 e. The van der Waals surface area contributed by atoms with E-state index in [-0.39, 0.29) is 0 Å². The van der Waals surface area contributed by atoms with Crippen LogP contribution in [0.1, 0.15) is 18.9 Å². The van der Waals surface area contributed by atoms with Gasteiger partial charge in [0.1, 0.15) is 0 Å². The van der Waals surface area contributed by atoms with E-state index in [1.807, 2.05) is 6.92 Å². The van der Waals surface area contributed by atoms with Gasteiger partial charge in [-0.3, -0.25) is 0 Å². The fraction of sp³-hybridized carbons (Fsp3) is 0.500. The maximum absolute atomic E-state index is 5.71. The van der Waals surface area contributed by atoms with Gasteiger partial charge in [0.25, 0.3) is 0 Å². The second kappa shape index (κ2) is 5.01. The van der Waals surface area contributed by atoms with Crippen LogP contribution < -0.4 is 10.6 Å². The molecular weight excluding hydrogens is 172 g/mol. The Morgan fingerprint density at radius 1 is 1.21 bits per heavy atom. The summed E-state index contributed by atoms with van der Waals surface area (Å²) in [6, 6.07) is 8.95. The molecule has 0 aromatic heterocycles. The molecule has 0 bridgehead atoms. The van der Waals surface area contributed by atoms with Crippen molar-refractivity contribution in [3.63, 3.8) is 0 Å². The molecule has 2 heteroatoms. The van der Waals surface area contributed by atoms with Crippen LogP contribution in [0.15, 0.2) is 24.3 Å². The smallest absolute Gasteiger partial charge is 0.0361 e. The Hall–Kier alpha value is -1.02. The van der Waals surface area contributed by atoms with Crippen LogP contribution in [0, 0.1) is 0 Å². The summed E-state index contributed by atoms with van der Waals surface area (Å²) in [5, 5.41) is 0. The van der Waals surface area contributed by atoms with Crippen molar-refractivity contribution in [2.75, 3.05) is 19.0 Å². The normalized spacial score (nSPS) is 12.6. The second-order valence-electron chi connectivity index (χ2n) is 4.08. The Bertz CT molecular complexity index is 262. The number of benzene rings is 1. The minimum absolute atomic E-state index is 0.295. The van der Waals surface area contributed by atoms with Gasteiger partial charge in [-0.1, -0.05) is 12.1 Å². The zero-order valence-corrected chi connectivity index (χ0v) is 9.33. The van der Waals surface area contributed by atoms with Gasteiger partial charge in [0.05, 0.1) is 0 Å². The van der Waals surface area contributed by atoms with Crippen LogP contribution in [-0.2, 0) is 6.42 Å². The molecule has 0 saturated carbocycles. The van der Waals surface area contributed by atoms with Crippen LogP contribution >= 0.6 is 0 Å². The number of nitrogens with two attached hydrogens (primary N) is 1. The first-order valence-corrected chi connectivity index (χ1v) is 5.11. The predicted molar refractivity (Wildman–Crippen MR) is 62.7 cm³/mol. The van der Waals surface area contributed by atoms with E-state index in [0.717, 1.165) is 12.8 Å². The van der Waals surface area contributed by atoms with E-state index in [1.165, 1.54) is 11.3 Å². The fourth-order valence-corrected chi connectivity index (χ4v) is 1.36. The lowest BCUT2D eigenvalue weighted by molar-refractivity contribution is 0.666. The first kappa shape index (κ1) is 11.1. The third-order valence-electron chi connectivity index (χ3n) is 2.34. The lowest BCUT2D eigenvalue weighted by Gasteiger charge is -2.12. The van der Waals surface area contributed by atoms with Crippen molar-refractivity contribution in [2.45, 2.75) is 25.8 Å². The molecule has 0 fully saturated rings. The first-order valence-electron chi connectivity index (χ1n) is 5.11. The zero-order valence-electron chi connectivity index (χ0n) is 9.33. The van der Waals surface area contributed by atoms with Crippen LogP contribution in [0.3, 0.4) is 0 Å². The van der Waals surface area contributed by atoms with Crippen molar-refractivity contribution in [2.24, 2.45) is 5.73 Å². The van der Waals surface area contributed by atoms with Crippen LogP contribution in [0.2, 0.25) is 0 Å². The molecule has 0 amide bonds. The van der Waals surface area contributed by atoms with E-state index < -0.39 is 0 Å². The Morgan fingerprint density at radius 3 is 2.21 bits per heavy atom. The van der Waals surface area contributed by atoms with Crippen LogP contribution in [0.4, 0.5) is 5.69 Å². The van der Waals surface area contributed by atoms with Crippen LogP contribution in [0.5, 0.6) is 0 Å². The SMILES string of the molecule is CC(N)CCc1ccc(N(C)C)cc1. The van der Waals surface area contributed by atoms with Crippen molar-refractivity contribution in [1.29, 1.82) is 0 Å². The highest BCUT2D eigenvalue weighted by Gasteiger charge is 1.98. The Balaban J connectivity index is 2.55. The average molecular weight is 192 g/mol. The lowest BCUT2D eigenvalue weighted by Crippen LogP contribution is -2.15. The van der Waals surface area contributed by atoms with Gasteiger partial charge >= 0.3 is 0 Å². The van der Waals surface area contributed by atoms with E-state index in [1.54, 1.807) is 0 Å². The van der Waals surface area contributed by atoms with E-state index in [2.05, 4.69) is 43.3 Å². The van der Waals surface area contributed by atoms with Crippen molar-refractivity contribution in [3.8, 4) is 0 Å². The van der Waals surface area contributed by atoms with Crippen molar-refractivity contribution in [1.82, 2.24) is 0 Å². The van der Waals surface area contributed by atoms with Gasteiger partial charge in [0, 0.05) is 25.8 Å². The molecule has 0 saturated heterocycles. The molecule has 1 aromatic carbocycles. The topological polar surface area (TPSA) is 29.3 Å². The van der Waals surface area contributed by atoms with Gasteiger partial charge in [-0.05, 0) is 37.5 Å². The van der Waals surface area contributed by atoms with Crippen LogP contribution in [0.25, 0.3) is 0 Å². The summed E-state index contributed by atoms with van der Waals surface area (Å²) in [6.07, 6.45) is 2.13. The minimum Gasteiger partial charge on any atom is -0.378 e. The van der Waals surface area contributed by atoms with Crippen molar-refractivity contribution in [3.05, 3.63) is 29.8 Å². The molecule has 0 heterocycles. The van der Waals surface area contributed by atoms with Gasteiger partial charge in [-0.25, -0.2) is 0 Å². The Kier molecular flexibility index (Phi) is 3.96. The maximum Gasteiger partial charge on any atom is 0.0361 e. The van der Waals surface area contributed by atoms with E-state index in [0.29, 0.717) is 6.04 Å². The van der Waals surface area contributed by atoms with Crippen molar-refractivity contribution >= 4 is 5.69 Å². The fourth-order valence-electron chi connectivity index (χ4n) is 1.36. The number of nitrogens with zero attached hydrogens (tertiary/aromatic N) is 1. The highest BCUT2D eigenvalue weighted by Crippen LogP contribution is 2.13. The van der Waals surface area contributed by atoms with E-state index in [9.17, 15) is 0 Å². The average Bonchev–Trinajstić information content (AvgIpc) is 2.15. The van der Waals surface area contributed by atoms with Gasteiger partial charge in [-0.2, -0.15) is 0 Å². The molecule has 0 aliphatic heterocycles. The monoisotopic (exact) mass is 192 g/mol. The molecule has 0 aliphatic rings. The first-order chi connectivity index (χ1) is 6.59. The van der Waals surface area contributed by atoms with Crippen LogP contribution in [-0.4, -0.2) is 20.1 Å². The summed E-state index contributed by atoms with van der Waals surface area (Å²) in [7, 11) is 4.11. The Labute approximate surface area is 86.7 Å². The van der Waals surface area contributed by atoms with Gasteiger partial charge in [0.15, 0.2) is 0 Å². The molecule has 14 heavy (non-hydrogen) atoms. The number of hydrogen-bond acceptors (Lipinski definition) is 2. The third kappa shape index (κ3) is 3.38. The highest BCUT2D eigenvalue weighted by atomic mass is 15.1. The van der Waals surface area contributed by atoms with E-state index >= 15 is 0 Å². The van der Waals surface area contributed by atoms with Crippen molar-refractivity contribution < 1.29 is 0 Å². The molecule has 2 N–H and O–H groups in total. The lowest BCUT2D eigenvalue weighted by atomic mass is 10.1. The predicted octanol–water partition coefficient (Wildman–Crippen LogP) is 2.03. The minimum atomic E-state index is 0.295. The molecule has 0 spiro atoms. The zero-order chi connectivity index (χ0) is 10.6. The van der Waals surface area contributed by atoms with Gasteiger partial charge in [-0.15, -0.1) is 0 Å². The molecule has 1 atom stereocenters. The number of rotatable bonds is 4.